The van der Waals surface area contributed by atoms with Crippen LogP contribution in [0.2, 0.25) is 0 Å². The highest BCUT2D eigenvalue weighted by atomic mass is 16.5. The quantitative estimate of drug-likeness (QED) is 0.857. The zero-order valence-electron chi connectivity index (χ0n) is 12.0. The minimum absolute atomic E-state index is 0.152. The lowest BCUT2D eigenvalue weighted by Gasteiger charge is -2.17. The van der Waals surface area contributed by atoms with Crippen molar-refractivity contribution in [2.45, 2.75) is 13.0 Å². The molecule has 1 atom stereocenters. The number of rotatable bonds is 6. The zero-order chi connectivity index (χ0) is 15.1. The second-order valence-corrected chi connectivity index (χ2v) is 4.58. The smallest absolute Gasteiger partial charge is 0.251 e. The highest BCUT2D eigenvalue weighted by Crippen LogP contribution is 2.16. The Morgan fingerprint density at radius 3 is 2.62 bits per heavy atom. The third kappa shape index (κ3) is 4.07. The Morgan fingerprint density at radius 1 is 1.19 bits per heavy atom. The standard InChI is InChI=1S/C17H19NO3/c1-2-21-15-10-6-9-14(11-15)17(20)18-16(12-19)13-7-4-3-5-8-13/h3-11,16,19H,2,12H2,1H3,(H,18,20). The van der Waals surface area contributed by atoms with E-state index in [9.17, 15) is 9.90 Å². The van der Waals surface area contributed by atoms with Crippen molar-refractivity contribution >= 4 is 5.91 Å². The minimum Gasteiger partial charge on any atom is -0.494 e. The maximum absolute atomic E-state index is 12.3. The van der Waals surface area contributed by atoms with Crippen molar-refractivity contribution < 1.29 is 14.6 Å². The van der Waals surface area contributed by atoms with Crippen LogP contribution in [0.25, 0.3) is 0 Å². The molecule has 0 saturated heterocycles. The Morgan fingerprint density at radius 2 is 1.95 bits per heavy atom. The lowest BCUT2D eigenvalue weighted by Crippen LogP contribution is -2.30. The number of carbonyl (C=O) groups excluding carboxylic acids is 1. The van der Waals surface area contributed by atoms with Crippen molar-refractivity contribution in [2.24, 2.45) is 0 Å². The van der Waals surface area contributed by atoms with Crippen molar-refractivity contribution in [1.82, 2.24) is 5.32 Å². The van der Waals surface area contributed by atoms with Crippen LogP contribution in [-0.2, 0) is 0 Å². The SMILES string of the molecule is CCOc1cccc(C(=O)NC(CO)c2ccccc2)c1. The van der Waals surface area contributed by atoms with E-state index in [0.29, 0.717) is 17.9 Å². The van der Waals surface area contributed by atoms with Gasteiger partial charge in [0.25, 0.3) is 5.91 Å². The lowest BCUT2D eigenvalue weighted by atomic mass is 10.1. The summed E-state index contributed by atoms with van der Waals surface area (Å²) in [5.74, 6) is 0.421. The van der Waals surface area contributed by atoms with Gasteiger partial charge in [0, 0.05) is 5.56 Å². The summed E-state index contributed by atoms with van der Waals surface area (Å²) >= 11 is 0. The zero-order valence-corrected chi connectivity index (χ0v) is 12.0. The highest BCUT2D eigenvalue weighted by molar-refractivity contribution is 5.94. The molecule has 21 heavy (non-hydrogen) atoms. The van der Waals surface area contributed by atoms with E-state index in [1.54, 1.807) is 24.3 Å². The topological polar surface area (TPSA) is 58.6 Å². The molecule has 110 valence electrons. The Labute approximate surface area is 124 Å². The van der Waals surface area contributed by atoms with Gasteiger partial charge in [-0.05, 0) is 30.7 Å². The van der Waals surface area contributed by atoms with Gasteiger partial charge in [0.15, 0.2) is 0 Å². The summed E-state index contributed by atoms with van der Waals surface area (Å²) in [5.41, 5.74) is 1.38. The van der Waals surface area contributed by atoms with E-state index in [4.69, 9.17) is 4.74 Å². The molecule has 0 aliphatic carbocycles. The van der Waals surface area contributed by atoms with Gasteiger partial charge in [-0.1, -0.05) is 36.4 Å². The molecule has 0 saturated carbocycles. The number of nitrogens with one attached hydrogen (secondary N) is 1. The third-order valence-electron chi connectivity index (χ3n) is 3.10. The molecule has 2 rings (SSSR count). The summed E-state index contributed by atoms with van der Waals surface area (Å²) in [7, 11) is 0. The van der Waals surface area contributed by atoms with Crippen molar-refractivity contribution in [3.05, 3.63) is 65.7 Å². The van der Waals surface area contributed by atoms with Gasteiger partial charge < -0.3 is 15.2 Å². The van der Waals surface area contributed by atoms with Crippen LogP contribution in [0.4, 0.5) is 0 Å². The molecule has 0 aliphatic heterocycles. The first-order valence-electron chi connectivity index (χ1n) is 6.94. The van der Waals surface area contributed by atoms with Gasteiger partial charge in [-0.3, -0.25) is 4.79 Å². The van der Waals surface area contributed by atoms with Gasteiger partial charge >= 0.3 is 0 Å². The average Bonchev–Trinajstić information content (AvgIpc) is 2.54. The molecule has 0 fully saturated rings. The van der Waals surface area contributed by atoms with Crippen LogP contribution in [0, 0.1) is 0 Å². The first-order chi connectivity index (χ1) is 10.2. The number of hydrogen-bond donors (Lipinski definition) is 2. The van der Waals surface area contributed by atoms with E-state index >= 15 is 0 Å². The molecule has 1 amide bonds. The van der Waals surface area contributed by atoms with Crippen molar-refractivity contribution in [3.63, 3.8) is 0 Å². The molecule has 0 bridgehead atoms. The van der Waals surface area contributed by atoms with Gasteiger partial charge in [-0.2, -0.15) is 0 Å². The van der Waals surface area contributed by atoms with Crippen LogP contribution in [0.1, 0.15) is 28.9 Å². The minimum atomic E-state index is -0.422. The van der Waals surface area contributed by atoms with Crippen LogP contribution in [-0.4, -0.2) is 24.2 Å². The fourth-order valence-electron chi connectivity index (χ4n) is 2.06. The van der Waals surface area contributed by atoms with E-state index in [-0.39, 0.29) is 12.5 Å². The summed E-state index contributed by atoms with van der Waals surface area (Å²) in [6.07, 6.45) is 0. The molecule has 4 nitrogen and oxygen atoms in total. The number of aliphatic hydroxyl groups is 1. The van der Waals surface area contributed by atoms with Crippen LogP contribution in [0.3, 0.4) is 0 Å². The molecule has 0 radical (unpaired) electrons. The third-order valence-corrected chi connectivity index (χ3v) is 3.10. The van der Waals surface area contributed by atoms with E-state index in [1.807, 2.05) is 37.3 Å². The number of hydrogen-bond acceptors (Lipinski definition) is 3. The predicted molar refractivity (Wildman–Crippen MR) is 81.3 cm³/mol. The highest BCUT2D eigenvalue weighted by Gasteiger charge is 2.15. The van der Waals surface area contributed by atoms with Gasteiger partial charge in [-0.25, -0.2) is 0 Å². The second-order valence-electron chi connectivity index (χ2n) is 4.58. The first-order valence-corrected chi connectivity index (χ1v) is 6.94. The molecule has 2 aromatic carbocycles. The van der Waals surface area contributed by atoms with E-state index in [2.05, 4.69) is 5.32 Å². The fourth-order valence-corrected chi connectivity index (χ4v) is 2.06. The van der Waals surface area contributed by atoms with Crippen LogP contribution in [0.5, 0.6) is 5.75 Å². The lowest BCUT2D eigenvalue weighted by molar-refractivity contribution is 0.0915. The summed E-state index contributed by atoms with van der Waals surface area (Å²) < 4.78 is 5.38. The van der Waals surface area contributed by atoms with Crippen molar-refractivity contribution in [1.29, 1.82) is 0 Å². The molecule has 0 spiro atoms. The number of benzene rings is 2. The monoisotopic (exact) mass is 285 g/mol. The molecule has 1 unspecified atom stereocenters. The van der Waals surface area contributed by atoms with Crippen LogP contribution in [0.15, 0.2) is 54.6 Å². The molecule has 4 heteroatoms. The number of amides is 1. The van der Waals surface area contributed by atoms with Gasteiger partial charge in [0.2, 0.25) is 0 Å². The number of carbonyl (C=O) groups is 1. The Kier molecular flexibility index (Phi) is 5.35. The Hall–Kier alpha value is -2.33. The Balaban J connectivity index is 2.11. The maximum atomic E-state index is 12.3. The summed E-state index contributed by atoms with van der Waals surface area (Å²) in [4.78, 5) is 12.3. The van der Waals surface area contributed by atoms with Gasteiger partial charge in [0.05, 0.1) is 19.3 Å². The average molecular weight is 285 g/mol. The van der Waals surface area contributed by atoms with E-state index in [1.165, 1.54) is 0 Å². The van der Waals surface area contributed by atoms with E-state index in [0.717, 1.165) is 5.56 Å². The molecule has 2 N–H and O–H groups in total. The fraction of sp³-hybridized carbons (Fsp3) is 0.235. The molecule has 2 aromatic rings. The largest absolute Gasteiger partial charge is 0.494 e. The van der Waals surface area contributed by atoms with Crippen LogP contribution >= 0.6 is 0 Å². The number of aliphatic hydroxyl groups excluding tert-OH is 1. The first kappa shape index (κ1) is 15.1. The number of ether oxygens (including phenoxy) is 1. The summed E-state index contributed by atoms with van der Waals surface area (Å²) in [6.45, 7) is 2.29. The summed E-state index contributed by atoms with van der Waals surface area (Å²) in [5, 5.41) is 12.3. The molecular formula is C17H19NO3. The molecule has 0 aromatic heterocycles. The molecule has 0 heterocycles. The normalized spacial score (nSPS) is 11.7. The van der Waals surface area contributed by atoms with Gasteiger partial charge in [-0.15, -0.1) is 0 Å². The van der Waals surface area contributed by atoms with Crippen LogP contribution < -0.4 is 10.1 Å². The second kappa shape index (κ2) is 7.45. The predicted octanol–water partition coefficient (Wildman–Crippen LogP) is 2.55. The summed E-state index contributed by atoms with van der Waals surface area (Å²) in [6, 6.07) is 16.0. The van der Waals surface area contributed by atoms with Crippen molar-refractivity contribution in [2.75, 3.05) is 13.2 Å². The maximum Gasteiger partial charge on any atom is 0.251 e. The molecule has 0 aliphatic rings. The van der Waals surface area contributed by atoms with Gasteiger partial charge in [0.1, 0.15) is 5.75 Å². The Bertz CT molecular complexity index is 584. The van der Waals surface area contributed by atoms with Crippen molar-refractivity contribution in [3.8, 4) is 5.75 Å². The molecular weight excluding hydrogens is 266 g/mol. The van der Waals surface area contributed by atoms with E-state index < -0.39 is 6.04 Å².